The van der Waals surface area contributed by atoms with E-state index in [2.05, 4.69) is 158 Å². The molecule has 55 heavy (non-hydrogen) atoms. The summed E-state index contributed by atoms with van der Waals surface area (Å²) in [6, 6.07) is 67.2. The molecule has 7 aromatic carbocycles. The van der Waals surface area contributed by atoms with Gasteiger partial charge in [0.15, 0.2) is 11.6 Å². The highest BCUT2D eigenvalue weighted by atomic mass is 32.1. The molecule has 10 rings (SSSR count). The van der Waals surface area contributed by atoms with Gasteiger partial charge in [-0.15, -0.1) is 11.3 Å². The van der Waals surface area contributed by atoms with Crippen LogP contribution in [0.1, 0.15) is 0 Å². The van der Waals surface area contributed by atoms with Gasteiger partial charge < -0.3 is 0 Å². The van der Waals surface area contributed by atoms with E-state index in [0.29, 0.717) is 11.6 Å². The van der Waals surface area contributed by atoms with Crippen LogP contribution in [0, 0.1) is 0 Å². The molecule has 0 atom stereocenters. The van der Waals surface area contributed by atoms with Crippen LogP contribution in [0.4, 0.5) is 0 Å². The van der Waals surface area contributed by atoms with Crippen molar-refractivity contribution in [2.24, 2.45) is 0 Å². The van der Waals surface area contributed by atoms with Crippen molar-refractivity contribution in [2.45, 2.75) is 0 Å². The Balaban J connectivity index is 1.14. The number of fused-ring (bicyclic) bond motifs is 3. The third kappa shape index (κ3) is 6.27. The van der Waals surface area contributed by atoms with Crippen LogP contribution in [0.5, 0.6) is 0 Å². The monoisotopic (exact) mass is 720 g/mol. The van der Waals surface area contributed by atoms with Crippen LogP contribution in [0.3, 0.4) is 0 Å². The second-order valence-electron chi connectivity index (χ2n) is 13.4. The Morgan fingerprint density at radius 2 is 0.745 bits per heavy atom. The van der Waals surface area contributed by atoms with Gasteiger partial charge in [0.05, 0.1) is 22.8 Å². The minimum atomic E-state index is 0.693. The summed E-state index contributed by atoms with van der Waals surface area (Å²) in [5, 5.41) is 2.29. The lowest BCUT2D eigenvalue weighted by molar-refractivity contribution is 1.19. The van der Waals surface area contributed by atoms with E-state index in [0.717, 1.165) is 71.6 Å². The molecule has 0 N–H and O–H groups in total. The van der Waals surface area contributed by atoms with E-state index in [9.17, 15) is 0 Å². The third-order valence-corrected chi connectivity index (χ3v) is 11.2. The second kappa shape index (κ2) is 14.0. The topological polar surface area (TPSA) is 51.6 Å². The van der Waals surface area contributed by atoms with E-state index in [1.165, 1.54) is 15.8 Å². The average molecular weight is 721 g/mol. The fourth-order valence-corrected chi connectivity index (χ4v) is 8.48. The third-order valence-electron chi connectivity index (χ3n) is 9.95. The minimum absolute atomic E-state index is 0.693. The molecule has 0 amide bonds. The lowest BCUT2D eigenvalue weighted by Gasteiger charge is -2.11. The van der Waals surface area contributed by atoms with Gasteiger partial charge in [-0.25, -0.2) is 19.9 Å². The maximum atomic E-state index is 5.23. The number of benzene rings is 7. The summed E-state index contributed by atoms with van der Waals surface area (Å²) in [5.41, 5.74) is 12.1. The van der Waals surface area contributed by atoms with Crippen molar-refractivity contribution in [2.75, 3.05) is 0 Å². The summed E-state index contributed by atoms with van der Waals surface area (Å²) in [5.74, 6) is 1.39. The molecule has 3 heterocycles. The molecule has 0 aliphatic heterocycles. The van der Waals surface area contributed by atoms with Crippen molar-refractivity contribution in [3.8, 4) is 78.9 Å². The van der Waals surface area contributed by atoms with Crippen molar-refractivity contribution >= 4 is 31.5 Å². The first-order chi connectivity index (χ1) is 27.2. The van der Waals surface area contributed by atoms with E-state index in [4.69, 9.17) is 19.9 Å². The van der Waals surface area contributed by atoms with Gasteiger partial charge in [-0.1, -0.05) is 176 Å². The lowest BCUT2D eigenvalue weighted by atomic mass is 10.00. The van der Waals surface area contributed by atoms with Crippen LogP contribution >= 0.6 is 11.3 Å². The van der Waals surface area contributed by atoms with E-state index in [-0.39, 0.29) is 0 Å². The number of nitrogens with zero attached hydrogens (tertiary/aromatic N) is 4. The Kier molecular flexibility index (Phi) is 8.32. The number of rotatable bonds is 7. The minimum Gasteiger partial charge on any atom is -0.228 e. The summed E-state index contributed by atoms with van der Waals surface area (Å²) in [6.45, 7) is 0. The molecule has 0 aliphatic carbocycles. The van der Waals surface area contributed by atoms with E-state index in [1.807, 2.05) is 36.4 Å². The maximum Gasteiger partial charge on any atom is 0.161 e. The van der Waals surface area contributed by atoms with Crippen molar-refractivity contribution in [3.63, 3.8) is 0 Å². The summed E-state index contributed by atoms with van der Waals surface area (Å²) in [4.78, 5) is 20.8. The molecule has 0 saturated heterocycles. The molecular formula is C50H32N4S. The zero-order chi connectivity index (χ0) is 36.6. The van der Waals surface area contributed by atoms with E-state index >= 15 is 0 Å². The smallest absolute Gasteiger partial charge is 0.161 e. The van der Waals surface area contributed by atoms with Gasteiger partial charge in [-0.2, -0.15) is 0 Å². The predicted molar refractivity (Wildman–Crippen MR) is 229 cm³/mol. The van der Waals surface area contributed by atoms with E-state index in [1.54, 1.807) is 11.3 Å². The molecule has 0 fully saturated rings. The normalized spacial score (nSPS) is 11.3. The van der Waals surface area contributed by atoms with Gasteiger partial charge in [0.1, 0.15) is 0 Å². The van der Waals surface area contributed by atoms with Crippen molar-refractivity contribution in [1.29, 1.82) is 0 Å². The van der Waals surface area contributed by atoms with Crippen LogP contribution in [0.25, 0.3) is 99.1 Å². The van der Waals surface area contributed by atoms with Gasteiger partial charge in [-0.3, -0.25) is 0 Å². The SMILES string of the molecule is c1ccc(-c2ccc(-c3cc(-c4cccc5c4sc4cccc(-c6nc(-c7ccccc7)cc(-c7ccccc7)n6)c45)nc(-c4ccccc4)n3)cc2)cc1. The molecule has 0 unspecified atom stereocenters. The molecule has 0 aliphatic rings. The Bertz CT molecular complexity index is 2890. The molecule has 0 bridgehead atoms. The predicted octanol–water partition coefficient (Wildman–Crippen LogP) is 13.3. The van der Waals surface area contributed by atoms with Gasteiger partial charge in [0, 0.05) is 53.6 Å². The summed E-state index contributed by atoms with van der Waals surface area (Å²) < 4.78 is 2.33. The van der Waals surface area contributed by atoms with Gasteiger partial charge >= 0.3 is 0 Å². The second-order valence-corrected chi connectivity index (χ2v) is 14.5. The fourth-order valence-electron chi connectivity index (χ4n) is 7.23. The van der Waals surface area contributed by atoms with Crippen molar-refractivity contribution < 1.29 is 0 Å². The highest BCUT2D eigenvalue weighted by Gasteiger charge is 2.19. The van der Waals surface area contributed by atoms with Crippen molar-refractivity contribution in [3.05, 3.63) is 194 Å². The molecular weight excluding hydrogens is 689 g/mol. The van der Waals surface area contributed by atoms with E-state index < -0.39 is 0 Å². The zero-order valence-electron chi connectivity index (χ0n) is 29.7. The first-order valence-corrected chi connectivity index (χ1v) is 19.1. The molecule has 5 heteroatoms. The highest BCUT2D eigenvalue weighted by molar-refractivity contribution is 7.26. The summed E-state index contributed by atoms with van der Waals surface area (Å²) >= 11 is 1.78. The Hall–Kier alpha value is -7.08. The molecule has 258 valence electrons. The number of hydrogen-bond acceptors (Lipinski definition) is 5. The first-order valence-electron chi connectivity index (χ1n) is 18.3. The lowest BCUT2D eigenvalue weighted by Crippen LogP contribution is -1.96. The quantitative estimate of drug-likeness (QED) is 0.164. The van der Waals surface area contributed by atoms with Crippen LogP contribution in [0.15, 0.2) is 194 Å². The Morgan fingerprint density at radius 3 is 1.36 bits per heavy atom. The van der Waals surface area contributed by atoms with Crippen LogP contribution < -0.4 is 0 Å². The molecule has 10 aromatic rings. The molecule has 4 nitrogen and oxygen atoms in total. The standard InChI is InChI=1S/C50H32N4S/c1-5-15-33(16-6-1)34-27-29-37(30-28-34)44-32-45(54-49(51-44)38-21-11-4-12-22-38)39-23-13-24-40-47-41(25-14-26-46(47)55-48(39)40)50-52-42(35-17-7-2-8-18-35)31-43(53-50)36-19-9-3-10-20-36/h1-32H. The molecule has 0 spiro atoms. The van der Waals surface area contributed by atoms with Crippen molar-refractivity contribution in [1.82, 2.24) is 19.9 Å². The number of hydrogen-bond donors (Lipinski definition) is 0. The van der Waals surface area contributed by atoms with Crippen LogP contribution in [0.2, 0.25) is 0 Å². The first kappa shape index (κ1) is 32.6. The average Bonchev–Trinajstić information content (AvgIpc) is 3.67. The molecule has 3 aromatic heterocycles. The largest absolute Gasteiger partial charge is 0.228 e. The van der Waals surface area contributed by atoms with Gasteiger partial charge in [0.25, 0.3) is 0 Å². The van der Waals surface area contributed by atoms with Gasteiger partial charge in [-0.05, 0) is 29.3 Å². The van der Waals surface area contributed by atoms with Gasteiger partial charge in [0.2, 0.25) is 0 Å². The summed E-state index contributed by atoms with van der Waals surface area (Å²) in [7, 11) is 0. The van der Waals surface area contributed by atoms with Crippen LogP contribution in [-0.2, 0) is 0 Å². The Morgan fingerprint density at radius 1 is 0.309 bits per heavy atom. The Labute approximate surface area is 323 Å². The molecule has 0 radical (unpaired) electrons. The highest BCUT2D eigenvalue weighted by Crippen LogP contribution is 2.44. The maximum absolute atomic E-state index is 5.23. The molecule has 0 saturated carbocycles. The van der Waals surface area contributed by atoms with Crippen LogP contribution in [-0.4, -0.2) is 19.9 Å². The summed E-state index contributed by atoms with van der Waals surface area (Å²) in [6.07, 6.45) is 0. The zero-order valence-corrected chi connectivity index (χ0v) is 30.5. The number of aromatic nitrogens is 4. The fraction of sp³-hybridized carbons (Fsp3) is 0. The number of thiophene rings is 1.